The van der Waals surface area contributed by atoms with Crippen LogP contribution < -0.4 is 15.8 Å². The number of rotatable bonds is 5. The van der Waals surface area contributed by atoms with Crippen LogP contribution in [0.15, 0.2) is 35.3 Å². The molecule has 1 aromatic carbocycles. The predicted octanol–water partition coefficient (Wildman–Crippen LogP) is 2.23. The van der Waals surface area contributed by atoms with Crippen LogP contribution in [0.3, 0.4) is 0 Å². The van der Waals surface area contributed by atoms with E-state index in [9.17, 15) is 22.8 Å². The Labute approximate surface area is 192 Å². The summed E-state index contributed by atoms with van der Waals surface area (Å²) >= 11 is 0. The third-order valence-corrected chi connectivity index (χ3v) is 6.30. The number of fused-ring (bicyclic) bond motifs is 1. The number of benzene rings is 1. The van der Waals surface area contributed by atoms with E-state index in [1.165, 1.54) is 6.07 Å². The number of amides is 1. The molecule has 2 aromatic heterocycles. The molecule has 1 saturated heterocycles. The highest BCUT2D eigenvalue weighted by Crippen LogP contribution is 2.41. The minimum atomic E-state index is -2.82. The molecular formula is C23H23F3N6O2. The van der Waals surface area contributed by atoms with Crippen LogP contribution in [0.25, 0.3) is 11.0 Å². The molecule has 2 N–H and O–H groups in total. The third kappa shape index (κ3) is 4.35. The topological polar surface area (TPSA) is 94.2 Å². The summed E-state index contributed by atoms with van der Waals surface area (Å²) < 4.78 is 40.9. The smallest absolute Gasteiger partial charge is 0.270 e. The van der Waals surface area contributed by atoms with Gasteiger partial charge in [0.15, 0.2) is 5.82 Å². The van der Waals surface area contributed by atoms with Gasteiger partial charge >= 0.3 is 0 Å². The molecule has 2 fully saturated rings. The fourth-order valence-corrected chi connectivity index (χ4v) is 4.09. The van der Waals surface area contributed by atoms with E-state index in [-0.39, 0.29) is 17.6 Å². The van der Waals surface area contributed by atoms with Gasteiger partial charge in [0, 0.05) is 44.7 Å². The van der Waals surface area contributed by atoms with Gasteiger partial charge in [-0.15, -0.1) is 0 Å². The van der Waals surface area contributed by atoms with Gasteiger partial charge in [0.1, 0.15) is 16.9 Å². The lowest BCUT2D eigenvalue weighted by atomic mass is 10.1. The van der Waals surface area contributed by atoms with Crippen molar-refractivity contribution in [2.45, 2.75) is 31.9 Å². The Morgan fingerprint density at radius 3 is 2.59 bits per heavy atom. The van der Waals surface area contributed by atoms with Crippen molar-refractivity contribution in [1.82, 2.24) is 25.2 Å². The van der Waals surface area contributed by atoms with Gasteiger partial charge in [-0.3, -0.25) is 14.5 Å². The Morgan fingerprint density at radius 2 is 1.94 bits per heavy atom. The maximum Gasteiger partial charge on any atom is 0.270 e. The van der Waals surface area contributed by atoms with E-state index in [4.69, 9.17) is 0 Å². The Bertz CT molecular complexity index is 1300. The van der Waals surface area contributed by atoms with Gasteiger partial charge < -0.3 is 15.2 Å². The van der Waals surface area contributed by atoms with Crippen LogP contribution in [0.5, 0.6) is 0 Å². The number of piperazine rings is 1. The van der Waals surface area contributed by atoms with Gasteiger partial charge in [-0.25, -0.2) is 23.1 Å². The Kier molecular flexibility index (Phi) is 5.51. The molecule has 0 radical (unpaired) electrons. The van der Waals surface area contributed by atoms with Gasteiger partial charge in [-0.1, -0.05) is 6.07 Å². The zero-order valence-corrected chi connectivity index (χ0v) is 18.4. The minimum absolute atomic E-state index is 0.0968. The van der Waals surface area contributed by atoms with Gasteiger partial charge in [0.25, 0.3) is 17.4 Å². The number of nitrogens with one attached hydrogen (secondary N) is 2. The lowest BCUT2D eigenvalue weighted by molar-refractivity contribution is 0.0845. The van der Waals surface area contributed by atoms with Crippen LogP contribution in [-0.2, 0) is 6.54 Å². The number of pyridine rings is 1. The summed E-state index contributed by atoms with van der Waals surface area (Å²) in [7, 11) is 0. The molecule has 178 valence electrons. The zero-order chi connectivity index (χ0) is 24.0. The number of hydrogen-bond acceptors (Lipinski definition) is 6. The SMILES string of the molecule is Cc1nc2ccc(CN3CCN(c4ccc(C(=O)NC5CC5(F)F)nc4)CC3)c(F)c2[nH]c1=O. The van der Waals surface area contributed by atoms with Crippen molar-refractivity contribution in [3.05, 3.63) is 63.6 Å². The number of halogens is 3. The first kappa shape index (κ1) is 22.3. The monoisotopic (exact) mass is 472 g/mol. The molecule has 2 aliphatic rings. The third-order valence-electron chi connectivity index (χ3n) is 6.30. The fraction of sp³-hybridized carbons (Fsp3) is 0.391. The van der Waals surface area contributed by atoms with Crippen LogP contribution in [0, 0.1) is 12.7 Å². The van der Waals surface area contributed by atoms with Crippen molar-refractivity contribution < 1.29 is 18.0 Å². The first-order valence-corrected chi connectivity index (χ1v) is 11.0. The summed E-state index contributed by atoms with van der Waals surface area (Å²) in [6, 6.07) is 5.57. The molecule has 1 atom stereocenters. The normalized spacial score (nSPS) is 19.9. The van der Waals surface area contributed by atoms with Crippen molar-refractivity contribution in [3.63, 3.8) is 0 Å². The molecule has 3 aromatic rings. The number of aromatic amines is 1. The second kappa shape index (κ2) is 8.39. The number of H-pyrrole nitrogens is 1. The van der Waals surface area contributed by atoms with Crippen molar-refractivity contribution in [2.75, 3.05) is 31.1 Å². The number of carbonyl (C=O) groups is 1. The van der Waals surface area contributed by atoms with Crippen LogP contribution >= 0.6 is 0 Å². The fourth-order valence-electron chi connectivity index (χ4n) is 4.09. The summed E-state index contributed by atoms with van der Waals surface area (Å²) in [5.74, 6) is -3.90. The second-order valence-corrected chi connectivity index (χ2v) is 8.74. The first-order valence-electron chi connectivity index (χ1n) is 11.0. The summed E-state index contributed by atoms with van der Waals surface area (Å²) in [5.41, 5.74) is 1.83. The Hall–Kier alpha value is -3.47. The van der Waals surface area contributed by atoms with Gasteiger partial charge in [-0.2, -0.15) is 0 Å². The number of nitrogens with zero attached hydrogens (tertiary/aromatic N) is 4. The number of aromatic nitrogens is 3. The van der Waals surface area contributed by atoms with E-state index in [1.807, 2.05) is 0 Å². The largest absolute Gasteiger partial charge is 0.368 e. The first-order chi connectivity index (χ1) is 16.2. The summed E-state index contributed by atoms with van der Waals surface area (Å²) in [4.78, 5) is 38.9. The van der Waals surface area contributed by atoms with Crippen molar-refractivity contribution in [2.24, 2.45) is 0 Å². The molecule has 0 bridgehead atoms. The molecule has 34 heavy (non-hydrogen) atoms. The highest BCUT2D eigenvalue weighted by atomic mass is 19.3. The molecular weight excluding hydrogens is 449 g/mol. The number of hydrogen-bond donors (Lipinski definition) is 2. The minimum Gasteiger partial charge on any atom is -0.368 e. The number of alkyl halides is 2. The molecule has 1 aliphatic carbocycles. The van der Waals surface area contributed by atoms with E-state index in [2.05, 4.69) is 30.1 Å². The van der Waals surface area contributed by atoms with Crippen LogP contribution in [-0.4, -0.2) is 63.9 Å². The van der Waals surface area contributed by atoms with E-state index in [1.54, 1.807) is 31.3 Å². The number of aryl methyl sites for hydroxylation is 1. The molecule has 5 rings (SSSR count). The van der Waals surface area contributed by atoms with E-state index >= 15 is 0 Å². The van der Waals surface area contributed by atoms with Crippen molar-refractivity contribution in [3.8, 4) is 0 Å². The molecule has 11 heteroatoms. The molecule has 3 heterocycles. The van der Waals surface area contributed by atoms with Crippen LogP contribution in [0.2, 0.25) is 0 Å². The molecule has 1 unspecified atom stereocenters. The number of carbonyl (C=O) groups excluding carboxylic acids is 1. The molecule has 1 amide bonds. The molecule has 1 aliphatic heterocycles. The predicted molar refractivity (Wildman–Crippen MR) is 120 cm³/mol. The van der Waals surface area contributed by atoms with Gasteiger partial charge in [-0.05, 0) is 25.1 Å². The molecule has 0 spiro atoms. The summed E-state index contributed by atoms with van der Waals surface area (Å²) in [6.07, 6.45) is 1.22. The van der Waals surface area contributed by atoms with Crippen LogP contribution in [0.1, 0.15) is 28.2 Å². The highest BCUT2D eigenvalue weighted by molar-refractivity contribution is 5.93. The molecule has 8 nitrogen and oxygen atoms in total. The maximum absolute atomic E-state index is 15.0. The lowest BCUT2D eigenvalue weighted by Crippen LogP contribution is -2.46. The summed E-state index contributed by atoms with van der Waals surface area (Å²) in [5, 5.41) is 2.28. The molecule has 1 saturated carbocycles. The van der Waals surface area contributed by atoms with E-state index in [0.717, 1.165) is 5.69 Å². The quantitative estimate of drug-likeness (QED) is 0.592. The Balaban J connectivity index is 1.19. The summed E-state index contributed by atoms with van der Waals surface area (Å²) in [6.45, 7) is 4.69. The maximum atomic E-state index is 15.0. The van der Waals surface area contributed by atoms with Crippen LogP contribution in [0.4, 0.5) is 18.9 Å². The second-order valence-electron chi connectivity index (χ2n) is 8.74. The standard InChI is InChI=1S/C23H23F3N6O2/c1-13-21(33)30-20-16(28-13)4-2-14(19(20)24)12-31-6-8-32(9-7-31)15-3-5-17(27-11-15)22(34)29-18-10-23(18,25)26/h2-5,11,18H,6-10,12H2,1H3,(H,29,34)(H,30,33). The van der Waals surface area contributed by atoms with Gasteiger partial charge in [0.05, 0.1) is 23.4 Å². The Morgan fingerprint density at radius 1 is 1.21 bits per heavy atom. The highest BCUT2D eigenvalue weighted by Gasteiger charge is 2.58. The zero-order valence-electron chi connectivity index (χ0n) is 18.4. The average Bonchev–Trinajstić information content (AvgIpc) is 3.43. The van der Waals surface area contributed by atoms with Gasteiger partial charge in [0.2, 0.25) is 0 Å². The lowest BCUT2D eigenvalue weighted by Gasteiger charge is -2.36. The van der Waals surface area contributed by atoms with Crippen molar-refractivity contribution >= 4 is 22.6 Å². The van der Waals surface area contributed by atoms with E-state index < -0.39 is 29.2 Å². The number of anilines is 1. The van der Waals surface area contributed by atoms with Crippen molar-refractivity contribution in [1.29, 1.82) is 0 Å². The average molecular weight is 472 g/mol. The van der Waals surface area contributed by atoms with E-state index in [0.29, 0.717) is 49.5 Å².